The molecular formula is C25H24N2O3S2. The molecule has 5 rings (SSSR count). The monoisotopic (exact) mass is 464 g/mol. The van der Waals surface area contributed by atoms with E-state index in [4.69, 9.17) is 4.74 Å². The first-order valence-electron chi connectivity index (χ1n) is 10.4. The van der Waals surface area contributed by atoms with Gasteiger partial charge in [-0.3, -0.25) is 0 Å². The molecule has 0 fully saturated rings. The fraction of sp³-hybridized carbons (Fsp3) is 0.200. The summed E-state index contributed by atoms with van der Waals surface area (Å²) in [6.07, 6.45) is 2.69. The van der Waals surface area contributed by atoms with E-state index in [0.717, 1.165) is 27.1 Å². The highest BCUT2D eigenvalue weighted by molar-refractivity contribution is 7.98. The fourth-order valence-corrected chi connectivity index (χ4v) is 6.48. The number of hydrogen-bond donors (Lipinski definition) is 1. The van der Waals surface area contributed by atoms with Gasteiger partial charge in [-0.15, -0.1) is 11.8 Å². The molecule has 1 atom stereocenters. The lowest BCUT2D eigenvalue weighted by Crippen LogP contribution is -2.40. The maximum absolute atomic E-state index is 13.8. The summed E-state index contributed by atoms with van der Waals surface area (Å²) < 4.78 is 34.4. The van der Waals surface area contributed by atoms with Crippen molar-refractivity contribution in [2.45, 2.75) is 22.3 Å². The van der Waals surface area contributed by atoms with Gasteiger partial charge in [-0.2, -0.15) is 4.31 Å². The predicted molar refractivity (Wildman–Crippen MR) is 129 cm³/mol. The number of aromatic nitrogens is 1. The molecular weight excluding hydrogens is 440 g/mol. The summed E-state index contributed by atoms with van der Waals surface area (Å²) in [7, 11) is -2.16. The lowest BCUT2D eigenvalue weighted by atomic mass is 9.94. The number of benzene rings is 3. The fourth-order valence-electron chi connectivity index (χ4n) is 4.48. The second-order valence-corrected chi connectivity index (χ2v) is 10.6. The quantitative estimate of drug-likeness (QED) is 0.411. The summed E-state index contributed by atoms with van der Waals surface area (Å²) in [6, 6.07) is 22.5. The molecule has 1 aromatic heterocycles. The van der Waals surface area contributed by atoms with Gasteiger partial charge >= 0.3 is 0 Å². The van der Waals surface area contributed by atoms with Crippen LogP contribution in [0.15, 0.2) is 82.6 Å². The summed E-state index contributed by atoms with van der Waals surface area (Å²) in [5.74, 6) is 0.629. The van der Waals surface area contributed by atoms with Crippen molar-refractivity contribution in [3.05, 3.63) is 89.6 Å². The van der Waals surface area contributed by atoms with Crippen LogP contribution in [-0.2, 0) is 16.4 Å². The molecule has 32 heavy (non-hydrogen) atoms. The van der Waals surface area contributed by atoms with Crippen molar-refractivity contribution >= 4 is 32.7 Å². The number of hydrogen-bond acceptors (Lipinski definition) is 4. The number of nitrogens with zero attached hydrogens (tertiary/aromatic N) is 1. The standard InChI is InChI=1S/C25H24N2O3S2/c1-30-18-9-13-20(14-10-18)32(28,29)27-16-15-22-21-5-3-4-6-23(21)26-24(22)25(27)17-7-11-19(31-2)12-8-17/h3-14,25-26H,15-16H2,1-2H3/t25-/m1/s1. The summed E-state index contributed by atoms with van der Waals surface area (Å²) in [5.41, 5.74) is 4.13. The van der Waals surface area contributed by atoms with Crippen molar-refractivity contribution in [1.29, 1.82) is 0 Å². The van der Waals surface area contributed by atoms with Crippen LogP contribution in [0, 0.1) is 0 Å². The van der Waals surface area contributed by atoms with E-state index in [1.165, 1.54) is 5.56 Å². The third kappa shape index (κ3) is 3.50. The van der Waals surface area contributed by atoms with Crippen LogP contribution >= 0.6 is 11.8 Å². The molecule has 0 spiro atoms. The molecule has 1 N–H and O–H groups in total. The minimum absolute atomic E-state index is 0.267. The first kappa shape index (κ1) is 21.1. The molecule has 0 saturated heterocycles. The Morgan fingerprint density at radius 2 is 1.72 bits per heavy atom. The first-order valence-corrected chi connectivity index (χ1v) is 13.1. The molecule has 0 saturated carbocycles. The number of aromatic amines is 1. The Morgan fingerprint density at radius 3 is 2.41 bits per heavy atom. The summed E-state index contributed by atoms with van der Waals surface area (Å²) in [6.45, 7) is 0.415. The average molecular weight is 465 g/mol. The summed E-state index contributed by atoms with van der Waals surface area (Å²) in [5, 5.41) is 1.16. The smallest absolute Gasteiger partial charge is 0.244 e. The molecule has 0 amide bonds. The van der Waals surface area contributed by atoms with E-state index in [9.17, 15) is 8.42 Å². The van der Waals surface area contributed by atoms with Crippen molar-refractivity contribution in [2.75, 3.05) is 19.9 Å². The number of ether oxygens (including phenoxy) is 1. The van der Waals surface area contributed by atoms with Crippen LogP contribution in [0.1, 0.15) is 22.9 Å². The number of rotatable bonds is 5. The lowest BCUT2D eigenvalue weighted by Gasteiger charge is -2.35. The Balaban J connectivity index is 1.67. The zero-order chi connectivity index (χ0) is 22.3. The molecule has 0 aliphatic carbocycles. The summed E-state index contributed by atoms with van der Waals surface area (Å²) >= 11 is 1.67. The predicted octanol–water partition coefficient (Wildman–Crippen LogP) is 5.23. The number of fused-ring (bicyclic) bond motifs is 3. The van der Waals surface area contributed by atoms with E-state index < -0.39 is 16.1 Å². The Bertz CT molecular complexity index is 1360. The van der Waals surface area contributed by atoms with Gasteiger partial charge in [-0.1, -0.05) is 30.3 Å². The second-order valence-electron chi connectivity index (χ2n) is 7.78. The molecule has 2 heterocycles. The molecule has 7 heteroatoms. The highest BCUT2D eigenvalue weighted by Gasteiger charge is 2.39. The minimum Gasteiger partial charge on any atom is -0.497 e. The van der Waals surface area contributed by atoms with Crippen molar-refractivity contribution in [2.24, 2.45) is 0 Å². The SMILES string of the molecule is COc1ccc(S(=O)(=O)N2CCc3c([nH]c4ccccc34)[C@H]2c2ccc(SC)cc2)cc1. The van der Waals surface area contributed by atoms with Crippen LogP contribution in [0.2, 0.25) is 0 Å². The highest BCUT2D eigenvalue weighted by Crippen LogP contribution is 2.41. The number of thioether (sulfide) groups is 1. The molecule has 0 unspecified atom stereocenters. The largest absolute Gasteiger partial charge is 0.497 e. The lowest BCUT2D eigenvalue weighted by molar-refractivity contribution is 0.340. The van der Waals surface area contributed by atoms with E-state index in [1.807, 2.05) is 36.6 Å². The Kier molecular flexibility index (Phi) is 5.49. The zero-order valence-electron chi connectivity index (χ0n) is 17.9. The number of methoxy groups -OCH3 is 1. The Hall–Kier alpha value is -2.74. The number of para-hydroxylation sites is 1. The van der Waals surface area contributed by atoms with Gasteiger partial charge in [0.2, 0.25) is 10.0 Å². The maximum Gasteiger partial charge on any atom is 0.244 e. The van der Waals surface area contributed by atoms with Crippen LogP contribution in [0.3, 0.4) is 0 Å². The number of sulfonamides is 1. The highest BCUT2D eigenvalue weighted by atomic mass is 32.2. The normalized spacial score (nSPS) is 16.8. The van der Waals surface area contributed by atoms with E-state index in [-0.39, 0.29) is 4.90 Å². The average Bonchev–Trinajstić information content (AvgIpc) is 3.22. The van der Waals surface area contributed by atoms with Gasteiger partial charge in [0.15, 0.2) is 0 Å². The van der Waals surface area contributed by atoms with E-state index >= 15 is 0 Å². The molecule has 4 aromatic rings. The topological polar surface area (TPSA) is 62.4 Å². The zero-order valence-corrected chi connectivity index (χ0v) is 19.5. The Morgan fingerprint density at radius 1 is 1.00 bits per heavy atom. The minimum atomic E-state index is -3.73. The van der Waals surface area contributed by atoms with Crippen molar-refractivity contribution < 1.29 is 13.2 Å². The van der Waals surface area contributed by atoms with Gasteiger partial charge in [0, 0.05) is 28.0 Å². The molecule has 164 valence electrons. The van der Waals surface area contributed by atoms with E-state index in [2.05, 4.69) is 23.2 Å². The van der Waals surface area contributed by atoms with Crippen LogP contribution < -0.4 is 4.74 Å². The molecule has 1 aliphatic heterocycles. The van der Waals surface area contributed by atoms with Gasteiger partial charge in [0.1, 0.15) is 5.75 Å². The summed E-state index contributed by atoms with van der Waals surface area (Å²) in [4.78, 5) is 4.95. The van der Waals surface area contributed by atoms with Crippen molar-refractivity contribution in [3.8, 4) is 5.75 Å². The molecule has 0 radical (unpaired) electrons. The first-order chi connectivity index (χ1) is 15.5. The maximum atomic E-state index is 13.8. The number of H-pyrrole nitrogens is 1. The third-order valence-electron chi connectivity index (χ3n) is 6.09. The van der Waals surface area contributed by atoms with E-state index in [1.54, 1.807) is 47.4 Å². The van der Waals surface area contributed by atoms with Crippen molar-refractivity contribution in [1.82, 2.24) is 9.29 Å². The molecule has 0 bridgehead atoms. The van der Waals surface area contributed by atoms with Gasteiger partial charge in [0.25, 0.3) is 0 Å². The van der Waals surface area contributed by atoms with Gasteiger partial charge in [-0.05, 0) is 66.3 Å². The molecule has 3 aromatic carbocycles. The van der Waals surface area contributed by atoms with Crippen LogP contribution in [0.25, 0.3) is 10.9 Å². The van der Waals surface area contributed by atoms with Crippen molar-refractivity contribution in [3.63, 3.8) is 0 Å². The van der Waals surface area contributed by atoms with Gasteiger partial charge in [-0.25, -0.2) is 8.42 Å². The Labute approximate surface area is 192 Å². The van der Waals surface area contributed by atoms with Gasteiger partial charge in [0.05, 0.1) is 18.0 Å². The second kappa shape index (κ2) is 8.31. The van der Waals surface area contributed by atoms with Crippen LogP contribution in [-0.4, -0.2) is 37.6 Å². The number of nitrogens with one attached hydrogen (secondary N) is 1. The van der Waals surface area contributed by atoms with Crippen LogP contribution in [0.4, 0.5) is 0 Å². The molecule has 5 nitrogen and oxygen atoms in total. The van der Waals surface area contributed by atoms with Crippen LogP contribution in [0.5, 0.6) is 5.75 Å². The molecule has 1 aliphatic rings. The van der Waals surface area contributed by atoms with Gasteiger partial charge < -0.3 is 9.72 Å². The van der Waals surface area contributed by atoms with E-state index in [0.29, 0.717) is 18.7 Å². The third-order valence-corrected chi connectivity index (χ3v) is 8.71.